The molecule has 0 bridgehead atoms. The van der Waals surface area contributed by atoms with Gasteiger partial charge >= 0.3 is 0 Å². The number of likely N-dealkylation sites (N-methyl/N-ethyl adjacent to an activating group) is 2. The summed E-state index contributed by atoms with van der Waals surface area (Å²) in [5, 5.41) is 0. The fourth-order valence-corrected chi connectivity index (χ4v) is 1.57. The molecule has 3 heteroatoms. The molecule has 16 heavy (non-hydrogen) atoms. The second-order valence-corrected chi connectivity index (χ2v) is 4.31. The molecule has 0 aliphatic carbocycles. The minimum absolute atomic E-state index is 0.0878. The second kappa shape index (κ2) is 5.66. The van der Waals surface area contributed by atoms with Crippen LogP contribution < -0.4 is 0 Å². The van der Waals surface area contributed by atoms with Crippen LogP contribution in [-0.4, -0.2) is 42.9 Å². The van der Waals surface area contributed by atoms with Crippen molar-refractivity contribution in [2.75, 3.05) is 21.1 Å². The fourth-order valence-electron chi connectivity index (χ4n) is 1.57. The summed E-state index contributed by atoms with van der Waals surface area (Å²) >= 11 is 0. The Kier molecular flexibility index (Phi) is 4.50. The molecule has 1 aromatic carbocycles. The summed E-state index contributed by atoms with van der Waals surface area (Å²) < 4.78 is 0. The Morgan fingerprint density at radius 3 is 2.25 bits per heavy atom. The lowest BCUT2D eigenvalue weighted by Crippen LogP contribution is -2.42. The maximum Gasteiger partial charge on any atom is 0.239 e. The van der Waals surface area contributed by atoms with Crippen molar-refractivity contribution in [3.8, 4) is 0 Å². The van der Waals surface area contributed by atoms with E-state index in [0.29, 0.717) is 0 Å². The number of hydrogen-bond donors (Lipinski definition) is 0. The molecule has 0 heterocycles. The number of carbonyl (C=O) groups excluding carboxylic acids is 1. The Morgan fingerprint density at radius 1 is 1.19 bits per heavy atom. The van der Waals surface area contributed by atoms with Crippen LogP contribution in [0.3, 0.4) is 0 Å². The van der Waals surface area contributed by atoms with Gasteiger partial charge in [-0.25, -0.2) is 0 Å². The van der Waals surface area contributed by atoms with Crippen molar-refractivity contribution in [3.05, 3.63) is 35.9 Å². The summed E-state index contributed by atoms with van der Waals surface area (Å²) in [4.78, 5) is 15.4. The Bertz CT molecular complexity index is 335. The maximum atomic E-state index is 11.8. The summed E-state index contributed by atoms with van der Waals surface area (Å²) in [6, 6.07) is 10.1. The lowest BCUT2D eigenvalue weighted by atomic mass is 10.2. The van der Waals surface area contributed by atoms with E-state index in [1.54, 1.807) is 19.0 Å². The van der Waals surface area contributed by atoms with Crippen LogP contribution in [0.2, 0.25) is 0 Å². The largest absolute Gasteiger partial charge is 0.347 e. The van der Waals surface area contributed by atoms with Crippen molar-refractivity contribution in [3.63, 3.8) is 0 Å². The molecule has 0 N–H and O–H groups in total. The molecule has 0 aromatic heterocycles. The van der Waals surface area contributed by atoms with E-state index in [1.807, 2.05) is 32.2 Å². The van der Waals surface area contributed by atoms with Crippen molar-refractivity contribution < 1.29 is 4.79 Å². The van der Waals surface area contributed by atoms with Crippen molar-refractivity contribution in [1.82, 2.24) is 9.80 Å². The van der Waals surface area contributed by atoms with Gasteiger partial charge < -0.3 is 4.90 Å². The molecule has 0 spiro atoms. The number of carbonyl (C=O) groups is 1. The van der Waals surface area contributed by atoms with E-state index in [1.165, 1.54) is 5.56 Å². The average molecular weight is 220 g/mol. The van der Waals surface area contributed by atoms with Crippen molar-refractivity contribution >= 4 is 5.91 Å². The molecular formula is C13H20N2O. The number of benzene rings is 1. The van der Waals surface area contributed by atoms with E-state index < -0.39 is 0 Å². The molecule has 1 aromatic rings. The maximum absolute atomic E-state index is 11.8. The Hall–Kier alpha value is -1.35. The van der Waals surface area contributed by atoms with Gasteiger partial charge in [0.1, 0.15) is 0 Å². The van der Waals surface area contributed by atoms with Gasteiger partial charge in [-0.2, -0.15) is 0 Å². The van der Waals surface area contributed by atoms with Crippen molar-refractivity contribution in [2.24, 2.45) is 0 Å². The highest BCUT2D eigenvalue weighted by atomic mass is 16.2. The van der Waals surface area contributed by atoms with Gasteiger partial charge in [0, 0.05) is 20.6 Å². The van der Waals surface area contributed by atoms with Gasteiger partial charge in [-0.1, -0.05) is 30.3 Å². The molecule has 0 fully saturated rings. The quantitative estimate of drug-likeness (QED) is 0.769. The van der Waals surface area contributed by atoms with Crippen LogP contribution in [0.15, 0.2) is 30.3 Å². The Labute approximate surface area is 97.7 Å². The highest BCUT2D eigenvalue weighted by Crippen LogP contribution is 2.07. The third kappa shape index (κ3) is 3.35. The summed E-state index contributed by atoms with van der Waals surface area (Å²) in [5.74, 6) is 0.137. The molecule has 0 radical (unpaired) electrons. The minimum atomic E-state index is -0.0878. The monoisotopic (exact) mass is 220 g/mol. The lowest BCUT2D eigenvalue weighted by Gasteiger charge is -2.26. The zero-order valence-electron chi connectivity index (χ0n) is 10.5. The predicted octanol–water partition coefficient (Wildman–Crippen LogP) is 1.60. The summed E-state index contributed by atoms with van der Waals surface area (Å²) in [7, 11) is 5.55. The van der Waals surface area contributed by atoms with Gasteiger partial charge in [0.15, 0.2) is 0 Å². The minimum Gasteiger partial charge on any atom is -0.347 e. The first-order valence-corrected chi connectivity index (χ1v) is 5.47. The molecule has 1 unspecified atom stereocenters. The van der Waals surface area contributed by atoms with Gasteiger partial charge in [0.2, 0.25) is 5.91 Å². The molecule has 0 saturated heterocycles. The molecule has 88 valence electrons. The summed E-state index contributed by atoms with van der Waals surface area (Å²) in [5.41, 5.74) is 1.23. The molecule has 1 amide bonds. The first kappa shape index (κ1) is 12.7. The van der Waals surface area contributed by atoms with Gasteiger partial charge in [0.05, 0.1) is 6.04 Å². The highest BCUT2D eigenvalue weighted by Gasteiger charge is 2.19. The molecule has 1 rings (SSSR count). The number of nitrogens with zero attached hydrogens (tertiary/aromatic N) is 2. The van der Waals surface area contributed by atoms with Crippen molar-refractivity contribution in [1.29, 1.82) is 0 Å². The SMILES string of the molecule is CC(C(=O)N(C)C)N(C)Cc1ccccc1. The number of hydrogen-bond acceptors (Lipinski definition) is 2. The first-order chi connectivity index (χ1) is 7.52. The first-order valence-electron chi connectivity index (χ1n) is 5.47. The van der Waals surface area contributed by atoms with E-state index in [4.69, 9.17) is 0 Å². The van der Waals surface area contributed by atoms with Crippen LogP contribution in [0.4, 0.5) is 0 Å². The van der Waals surface area contributed by atoms with Crippen LogP contribution in [0.25, 0.3) is 0 Å². The van der Waals surface area contributed by atoms with E-state index in [2.05, 4.69) is 17.0 Å². The third-order valence-corrected chi connectivity index (χ3v) is 2.73. The molecular weight excluding hydrogens is 200 g/mol. The molecule has 0 saturated carbocycles. The topological polar surface area (TPSA) is 23.6 Å². The average Bonchev–Trinajstić information content (AvgIpc) is 2.28. The normalized spacial score (nSPS) is 12.6. The van der Waals surface area contributed by atoms with Crippen LogP contribution in [0.5, 0.6) is 0 Å². The van der Waals surface area contributed by atoms with Gasteiger partial charge in [-0.05, 0) is 19.5 Å². The molecule has 0 aliphatic rings. The van der Waals surface area contributed by atoms with Crippen LogP contribution in [-0.2, 0) is 11.3 Å². The van der Waals surface area contributed by atoms with Gasteiger partial charge in [-0.3, -0.25) is 9.69 Å². The van der Waals surface area contributed by atoms with Gasteiger partial charge in [-0.15, -0.1) is 0 Å². The van der Waals surface area contributed by atoms with E-state index in [-0.39, 0.29) is 11.9 Å². The lowest BCUT2D eigenvalue weighted by molar-refractivity contribution is -0.133. The summed E-state index contributed by atoms with van der Waals surface area (Å²) in [6.45, 7) is 2.73. The van der Waals surface area contributed by atoms with E-state index in [9.17, 15) is 4.79 Å². The zero-order valence-corrected chi connectivity index (χ0v) is 10.5. The third-order valence-electron chi connectivity index (χ3n) is 2.73. The smallest absolute Gasteiger partial charge is 0.239 e. The van der Waals surface area contributed by atoms with E-state index >= 15 is 0 Å². The number of rotatable bonds is 4. The fraction of sp³-hybridized carbons (Fsp3) is 0.462. The molecule has 1 atom stereocenters. The predicted molar refractivity (Wildman–Crippen MR) is 66.1 cm³/mol. The Morgan fingerprint density at radius 2 is 1.75 bits per heavy atom. The van der Waals surface area contributed by atoms with Gasteiger partial charge in [0.25, 0.3) is 0 Å². The van der Waals surface area contributed by atoms with Crippen LogP contribution in [0.1, 0.15) is 12.5 Å². The highest BCUT2D eigenvalue weighted by molar-refractivity contribution is 5.80. The standard InChI is InChI=1S/C13H20N2O/c1-11(13(16)14(2)3)15(4)10-12-8-6-5-7-9-12/h5-9,11H,10H2,1-4H3. The molecule has 3 nitrogen and oxygen atoms in total. The van der Waals surface area contributed by atoms with Crippen LogP contribution >= 0.6 is 0 Å². The Balaban J connectivity index is 2.59. The van der Waals surface area contributed by atoms with Crippen molar-refractivity contribution in [2.45, 2.75) is 19.5 Å². The second-order valence-electron chi connectivity index (χ2n) is 4.31. The molecule has 0 aliphatic heterocycles. The van der Waals surface area contributed by atoms with E-state index in [0.717, 1.165) is 6.54 Å². The zero-order chi connectivity index (χ0) is 12.1. The number of amides is 1. The summed E-state index contributed by atoms with van der Waals surface area (Å²) in [6.07, 6.45) is 0. The van der Waals surface area contributed by atoms with Crippen LogP contribution in [0, 0.1) is 0 Å².